The molecule has 1 aromatic heterocycles. The second-order valence-electron chi connectivity index (χ2n) is 3.85. The molecule has 17 heavy (non-hydrogen) atoms. The van der Waals surface area contributed by atoms with Gasteiger partial charge >= 0.3 is 0 Å². The van der Waals surface area contributed by atoms with Gasteiger partial charge in [-0.3, -0.25) is 0 Å². The Morgan fingerprint density at radius 2 is 2.12 bits per heavy atom. The first-order valence-electron chi connectivity index (χ1n) is 5.39. The minimum atomic E-state index is -2.35. The van der Waals surface area contributed by atoms with Crippen LogP contribution in [0.2, 0.25) is 0 Å². The van der Waals surface area contributed by atoms with Gasteiger partial charge in [-0.2, -0.15) is 8.78 Å². The third-order valence-electron chi connectivity index (χ3n) is 2.02. The fourth-order valence-corrected chi connectivity index (χ4v) is 1.66. The lowest BCUT2D eigenvalue weighted by molar-refractivity contribution is 0.251. The van der Waals surface area contributed by atoms with E-state index in [0.29, 0.717) is 24.1 Å². The minimum absolute atomic E-state index is 0.214. The Labute approximate surface area is 104 Å². The van der Waals surface area contributed by atoms with Gasteiger partial charge in [0, 0.05) is 6.54 Å². The van der Waals surface area contributed by atoms with Crippen molar-refractivity contribution in [2.75, 3.05) is 6.54 Å². The third kappa shape index (κ3) is 6.48. The van der Waals surface area contributed by atoms with Gasteiger partial charge in [0.25, 0.3) is 5.76 Å². The lowest BCUT2D eigenvalue weighted by atomic mass is 10.3. The number of thioether (sulfide) groups is 1. The maximum absolute atomic E-state index is 12.0. The molecule has 0 fully saturated rings. The summed E-state index contributed by atoms with van der Waals surface area (Å²) in [4.78, 5) is 0. The average Bonchev–Trinajstić information content (AvgIpc) is 2.69. The normalized spacial score (nSPS) is 10.9. The van der Waals surface area contributed by atoms with E-state index in [2.05, 4.69) is 11.4 Å². The van der Waals surface area contributed by atoms with E-state index in [9.17, 15) is 8.78 Å². The van der Waals surface area contributed by atoms with Crippen LogP contribution in [0, 0.1) is 0 Å². The monoisotopic (exact) mass is 261 g/mol. The molecule has 1 aromatic rings. The second-order valence-corrected chi connectivity index (χ2v) is 4.83. The number of halogens is 2. The molecule has 0 bridgehead atoms. The standard InChI is InChI=1S/C12H17F2NOS/c1-9(2)5-6-15-7-10-3-4-11(16-10)8-17-12(13)14/h3-5,12,15H,6-8H2,1-2H3. The molecule has 0 radical (unpaired) electrons. The number of rotatable bonds is 7. The van der Waals surface area contributed by atoms with E-state index < -0.39 is 5.76 Å². The Morgan fingerprint density at radius 1 is 1.41 bits per heavy atom. The van der Waals surface area contributed by atoms with Crippen molar-refractivity contribution in [2.24, 2.45) is 0 Å². The predicted octanol–water partition coefficient (Wildman–Crippen LogP) is 3.79. The number of hydrogen-bond donors (Lipinski definition) is 1. The van der Waals surface area contributed by atoms with E-state index in [4.69, 9.17) is 4.42 Å². The van der Waals surface area contributed by atoms with Crippen molar-refractivity contribution in [3.05, 3.63) is 35.3 Å². The van der Waals surface area contributed by atoms with Crippen molar-refractivity contribution in [3.63, 3.8) is 0 Å². The van der Waals surface area contributed by atoms with Gasteiger partial charge in [0.15, 0.2) is 0 Å². The van der Waals surface area contributed by atoms with Gasteiger partial charge in [0.1, 0.15) is 11.5 Å². The molecule has 0 aliphatic heterocycles. The van der Waals surface area contributed by atoms with Crippen molar-refractivity contribution in [2.45, 2.75) is 31.9 Å². The summed E-state index contributed by atoms with van der Waals surface area (Å²) in [5, 5.41) is 3.19. The molecule has 96 valence electrons. The lowest BCUT2D eigenvalue weighted by Gasteiger charge is -1.99. The Morgan fingerprint density at radius 3 is 2.76 bits per heavy atom. The van der Waals surface area contributed by atoms with Gasteiger partial charge in [-0.25, -0.2) is 0 Å². The maximum Gasteiger partial charge on any atom is 0.284 e. The third-order valence-corrected chi connectivity index (χ3v) is 2.73. The molecule has 1 heterocycles. The summed E-state index contributed by atoms with van der Waals surface area (Å²) in [5.74, 6) is -0.767. The molecular weight excluding hydrogens is 244 g/mol. The molecule has 2 nitrogen and oxygen atoms in total. The Bertz CT molecular complexity index is 359. The highest BCUT2D eigenvalue weighted by Crippen LogP contribution is 2.21. The molecule has 1 N–H and O–H groups in total. The molecule has 0 aliphatic carbocycles. The van der Waals surface area contributed by atoms with Crippen molar-refractivity contribution in [3.8, 4) is 0 Å². The van der Waals surface area contributed by atoms with Crippen LogP contribution < -0.4 is 5.32 Å². The highest BCUT2D eigenvalue weighted by Gasteiger charge is 2.06. The predicted molar refractivity (Wildman–Crippen MR) is 67.1 cm³/mol. The largest absolute Gasteiger partial charge is 0.464 e. The summed E-state index contributed by atoms with van der Waals surface area (Å²) in [6.45, 7) is 5.47. The smallest absolute Gasteiger partial charge is 0.284 e. The van der Waals surface area contributed by atoms with Crippen LogP contribution in [-0.2, 0) is 12.3 Å². The van der Waals surface area contributed by atoms with Gasteiger partial charge in [0.05, 0.1) is 12.3 Å². The van der Waals surface area contributed by atoms with Gasteiger partial charge in [0.2, 0.25) is 0 Å². The molecule has 5 heteroatoms. The fourth-order valence-electron chi connectivity index (χ4n) is 1.21. The van der Waals surface area contributed by atoms with Crippen molar-refractivity contribution >= 4 is 11.8 Å². The first kappa shape index (κ1) is 14.3. The maximum atomic E-state index is 12.0. The number of hydrogen-bond acceptors (Lipinski definition) is 3. The molecule has 0 saturated carbocycles. The zero-order valence-corrected chi connectivity index (χ0v) is 10.8. The quantitative estimate of drug-likeness (QED) is 0.597. The highest BCUT2D eigenvalue weighted by atomic mass is 32.2. The zero-order valence-electron chi connectivity index (χ0n) is 10.0. The molecule has 0 aliphatic rings. The number of nitrogens with one attached hydrogen (secondary N) is 1. The summed E-state index contributed by atoms with van der Waals surface area (Å²) < 4.78 is 29.3. The SMILES string of the molecule is CC(C)=CCNCc1ccc(CSC(F)F)o1. The first-order valence-corrected chi connectivity index (χ1v) is 6.44. The molecule has 0 spiro atoms. The zero-order chi connectivity index (χ0) is 12.7. The molecule has 0 saturated heterocycles. The van der Waals surface area contributed by atoms with Crippen LogP contribution in [0.1, 0.15) is 25.4 Å². The lowest BCUT2D eigenvalue weighted by Crippen LogP contribution is -2.12. The summed E-state index contributed by atoms with van der Waals surface area (Å²) >= 11 is 0.573. The van der Waals surface area contributed by atoms with Crippen LogP contribution in [0.4, 0.5) is 8.78 Å². The van der Waals surface area contributed by atoms with E-state index in [1.165, 1.54) is 5.57 Å². The molecule has 0 aromatic carbocycles. The summed E-state index contributed by atoms with van der Waals surface area (Å²) in [7, 11) is 0. The van der Waals surface area contributed by atoms with Gasteiger partial charge in [-0.1, -0.05) is 23.4 Å². The average molecular weight is 261 g/mol. The second kappa shape index (κ2) is 7.50. The Hall–Kier alpha value is -0.810. The molecule has 0 unspecified atom stereocenters. The molecular formula is C12H17F2NOS. The van der Waals surface area contributed by atoms with E-state index in [-0.39, 0.29) is 5.75 Å². The first-order chi connectivity index (χ1) is 8.08. The van der Waals surface area contributed by atoms with Gasteiger partial charge in [-0.05, 0) is 26.0 Å². The van der Waals surface area contributed by atoms with Crippen LogP contribution in [0.3, 0.4) is 0 Å². The van der Waals surface area contributed by atoms with Crippen LogP contribution in [-0.4, -0.2) is 12.3 Å². The van der Waals surface area contributed by atoms with E-state index >= 15 is 0 Å². The van der Waals surface area contributed by atoms with Crippen molar-refractivity contribution in [1.29, 1.82) is 0 Å². The van der Waals surface area contributed by atoms with Gasteiger partial charge < -0.3 is 9.73 Å². The van der Waals surface area contributed by atoms with Crippen LogP contribution in [0.25, 0.3) is 0 Å². The minimum Gasteiger partial charge on any atom is -0.464 e. The molecule has 0 amide bonds. The van der Waals surface area contributed by atoms with Crippen LogP contribution in [0.15, 0.2) is 28.2 Å². The van der Waals surface area contributed by atoms with Crippen LogP contribution in [0.5, 0.6) is 0 Å². The molecule has 1 rings (SSSR count). The molecule has 0 atom stereocenters. The van der Waals surface area contributed by atoms with Crippen molar-refractivity contribution < 1.29 is 13.2 Å². The van der Waals surface area contributed by atoms with E-state index in [1.807, 2.05) is 19.9 Å². The van der Waals surface area contributed by atoms with Crippen molar-refractivity contribution in [1.82, 2.24) is 5.32 Å². The van der Waals surface area contributed by atoms with Crippen LogP contribution >= 0.6 is 11.8 Å². The Kier molecular flexibility index (Phi) is 6.29. The number of allylic oxidation sites excluding steroid dienone is 1. The highest BCUT2D eigenvalue weighted by molar-refractivity contribution is 7.98. The number of alkyl halides is 2. The summed E-state index contributed by atoms with van der Waals surface area (Å²) in [6.07, 6.45) is 2.08. The summed E-state index contributed by atoms with van der Waals surface area (Å²) in [6, 6.07) is 3.56. The van der Waals surface area contributed by atoms with E-state index in [0.717, 1.165) is 12.3 Å². The van der Waals surface area contributed by atoms with Gasteiger partial charge in [-0.15, -0.1) is 0 Å². The number of furan rings is 1. The summed E-state index contributed by atoms with van der Waals surface area (Å²) in [5.41, 5.74) is 1.26. The fraction of sp³-hybridized carbons (Fsp3) is 0.500. The van der Waals surface area contributed by atoms with E-state index in [1.54, 1.807) is 6.07 Å². The Balaban J connectivity index is 2.28. The topological polar surface area (TPSA) is 25.2 Å².